The van der Waals surface area contributed by atoms with Crippen molar-refractivity contribution in [2.45, 2.75) is 46.1 Å². The van der Waals surface area contributed by atoms with E-state index in [-0.39, 0.29) is 19.1 Å². The van der Waals surface area contributed by atoms with Gasteiger partial charge in [0.1, 0.15) is 17.9 Å². The van der Waals surface area contributed by atoms with Gasteiger partial charge in [0, 0.05) is 27.5 Å². The van der Waals surface area contributed by atoms with Gasteiger partial charge in [-0.15, -0.1) is 0 Å². The van der Waals surface area contributed by atoms with Gasteiger partial charge in [-0.05, 0) is 13.8 Å². The Balaban J connectivity index is 0.00000122. The van der Waals surface area contributed by atoms with E-state index in [0.717, 1.165) is 10.8 Å². The number of esters is 2. The fourth-order valence-electron chi connectivity index (χ4n) is 2.60. The predicted molar refractivity (Wildman–Crippen MR) is 89.7 cm³/mol. The SMILES string of the molecule is [2H]C[C@H]1O[C@@H](n2cc(C(=O)OCC)c(=O)[nH]c2=O)C(C)[C@H]1OC(C)=O.[3H]OC. The Labute approximate surface area is 152 Å². The van der Waals surface area contributed by atoms with Gasteiger partial charge in [-0.3, -0.25) is 19.1 Å². The molecular weight excluding hydrogens is 348 g/mol. The predicted octanol–water partition coefficient (Wildman–Crippen LogP) is -0.193. The van der Waals surface area contributed by atoms with E-state index in [0.29, 0.717) is 0 Å². The van der Waals surface area contributed by atoms with Crippen LogP contribution in [0.25, 0.3) is 0 Å². The summed E-state index contributed by atoms with van der Waals surface area (Å²) in [7, 11) is 1.29. The fraction of sp³-hybridized carbons (Fsp3) is 0.625. The van der Waals surface area contributed by atoms with Crippen molar-refractivity contribution in [1.82, 2.24) is 9.55 Å². The number of aliphatic hydroxyl groups excluding tert-OH is 1. The van der Waals surface area contributed by atoms with E-state index >= 15 is 0 Å². The highest BCUT2D eigenvalue weighted by molar-refractivity contribution is 5.88. The minimum Gasteiger partial charge on any atom is -0.462 e. The Morgan fingerprint density at radius 1 is 1.54 bits per heavy atom. The molecule has 0 aliphatic carbocycles. The van der Waals surface area contributed by atoms with E-state index in [1.807, 2.05) is 4.98 Å². The zero-order valence-electron chi connectivity index (χ0n) is 17.0. The number of H-pyrrole nitrogens is 1. The molecule has 146 valence electrons. The lowest BCUT2D eigenvalue weighted by Crippen LogP contribution is -2.37. The van der Waals surface area contributed by atoms with Crippen molar-refractivity contribution < 1.29 is 30.3 Å². The van der Waals surface area contributed by atoms with Crippen LogP contribution in [0, 0.1) is 5.92 Å². The van der Waals surface area contributed by atoms with E-state index in [1.54, 1.807) is 13.8 Å². The van der Waals surface area contributed by atoms with Crippen LogP contribution in [0.15, 0.2) is 15.8 Å². The molecule has 1 aliphatic rings. The first-order valence-corrected chi connectivity index (χ1v) is 7.85. The molecule has 0 bridgehead atoms. The average Bonchev–Trinajstić information content (AvgIpc) is 2.91. The zero-order chi connectivity index (χ0) is 21.4. The quantitative estimate of drug-likeness (QED) is 0.691. The van der Waals surface area contributed by atoms with E-state index in [9.17, 15) is 19.2 Å². The normalized spacial score (nSPS) is 25.4. The van der Waals surface area contributed by atoms with Gasteiger partial charge in [0.2, 0.25) is 1.43 Å². The molecule has 1 aliphatic heterocycles. The Morgan fingerprint density at radius 3 is 2.73 bits per heavy atom. The van der Waals surface area contributed by atoms with Crippen LogP contribution in [0.4, 0.5) is 0 Å². The first-order valence-electron chi connectivity index (χ1n) is 8.97. The second-order valence-electron chi connectivity index (χ2n) is 5.43. The van der Waals surface area contributed by atoms with Gasteiger partial charge in [-0.1, -0.05) is 6.92 Å². The number of ether oxygens (including phenoxy) is 3. The van der Waals surface area contributed by atoms with Gasteiger partial charge < -0.3 is 19.3 Å². The van der Waals surface area contributed by atoms with Crippen molar-refractivity contribution in [2.24, 2.45) is 5.92 Å². The maximum absolute atomic E-state index is 12.1. The fourth-order valence-corrected chi connectivity index (χ4v) is 2.60. The minimum absolute atomic E-state index is 0.0726. The van der Waals surface area contributed by atoms with Crippen LogP contribution in [-0.4, -0.2) is 54.0 Å². The standard InChI is InChI=1S/C15H20N2O7.CH4O/c1-5-22-14(20)10-6-17(15(21)16-12(10)19)13-7(2)11(8(3)23-13)24-9(4)18;1-2/h6-8,11,13H,5H2,1-4H3,(H,16,19,21);2H,1H3/t7?,8-,11-,13-;/m1./s1/i3D;2T. The third-order valence-corrected chi connectivity index (χ3v) is 3.69. The molecule has 0 aromatic carbocycles. The highest BCUT2D eigenvalue weighted by atomic mass is 16.6. The van der Waals surface area contributed by atoms with Crippen LogP contribution in [-0.2, 0) is 19.0 Å². The summed E-state index contributed by atoms with van der Waals surface area (Å²) >= 11 is 0. The largest absolute Gasteiger partial charge is 0.462 e. The molecule has 10 nitrogen and oxygen atoms in total. The number of carbonyl (C=O) groups is 2. The van der Waals surface area contributed by atoms with Gasteiger partial charge in [0.25, 0.3) is 5.56 Å². The molecule has 2 rings (SSSR count). The molecule has 10 heteroatoms. The Morgan fingerprint density at radius 2 is 2.19 bits per heavy atom. The molecule has 4 atom stereocenters. The van der Waals surface area contributed by atoms with Crippen LogP contribution in [0.3, 0.4) is 0 Å². The number of nitrogens with one attached hydrogen (secondary N) is 1. The lowest BCUT2D eigenvalue weighted by Gasteiger charge is -2.20. The smallest absolute Gasteiger partial charge is 0.345 e. The number of hydrogen-bond donors (Lipinski definition) is 2. The molecule has 0 amide bonds. The maximum atomic E-state index is 12.1. The topological polar surface area (TPSA) is 137 Å². The lowest BCUT2D eigenvalue weighted by molar-refractivity contribution is -0.150. The zero-order valence-corrected chi connectivity index (χ0v) is 15.0. The Hall–Kier alpha value is -2.46. The van der Waals surface area contributed by atoms with E-state index < -0.39 is 47.5 Å². The van der Waals surface area contributed by atoms with Crippen molar-refractivity contribution in [2.75, 3.05) is 13.7 Å². The molecule has 0 spiro atoms. The van der Waals surface area contributed by atoms with Gasteiger partial charge in [-0.25, -0.2) is 9.59 Å². The molecule has 2 N–H and O–H groups in total. The molecule has 0 radical (unpaired) electrons. The molecule has 26 heavy (non-hydrogen) atoms. The second kappa shape index (κ2) is 9.30. The number of rotatable bonds is 4. The van der Waals surface area contributed by atoms with Crippen LogP contribution in [0.1, 0.15) is 45.6 Å². The number of nitrogens with zero attached hydrogens (tertiary/aromatic N) is 1. The van der Waals surface area contributed by atoms with Crippen molar-refractivity contribution in [3.8, 4) is 0 Å². The minimum atomic E-state index is -0.905. The average molecular weight is 375 g/mol. The van der Waals surface area contributed by atoms with E-state index in [4.69, 9.17) is 17.0 Å². The van der Waals surface area contributed by atoms with Crippen molar-refractivity contribution in [3.05, 3.63) is 32.6 Å². The highest BCUT2D eigenvalue weighted by Crippen LogP contribution is 2.35. The third kappa shape index (κ3) is 4.58. The molecular formula is C16H24N2O8. The molecule has 1 aromatic rings. The van der Waals surface area contributed by atoms with Crippen molar-refractivity contribution in [1.29, 1.82) is 1.43 Å². The molecule has 2 heterocycles. The molecule has 0 saturated carbocycles. The molecule has 1 aromatic heterocycles. The maximum Gasteiger partial charge on any atom is 0.345 e. The van der Waals surface area contributed by atoms with Crippen molar-refractivity contribution in [3.63, 3.8) is 0 Å². The third-order valence-electron chi connectivity index (χ3n) is 3.69. The van der Waals surface area contributed by atoms with Crippen LogP contribution in [0.5, 0.6) is 0 Å². The van der Waals surface area contributed by atoms with Crippen LogP contribution in [0.2, 0.25) is 0 Å². The number of aromatic nitrogens is 2. The lowest BCUT2D eigenvalue weighted by atomic mass is 10.0. The van der Waals surface area contributed by atoms with Gasteiger partial charge in [0.05, 0.1) is 12.7 Å². The summed E-state index contributed by atoms with van der Waals surface area (Å²) in [6.45, 7) is 4.42. The van der Waals surface area contributed by atoms with Gasteiger partial charge in [0.15, 0.2) is 0 Å². The summed E-state index contributed by atoms with van der Waals surface area (Å²) in [5.74, 6) is -1.87. The van der Waals surface area contributed by atoms with Crippen molar-refractivity contribution >= 4 is 11.9 Å². The summed E-state index contributed by atoms with van der Waals surface area (Å²) in [5.41, 5.74) is -1.98. The van der Waals surface area contributed by atoms with Gasteiger partial charge in [-0.2, -0.15) is 0 Å². The summed E-state index contributed by atoms with van der Waals surface area (Å²) in [4.78, 5) is 49.1. The number of hydrogen-bond acceptors (Lipinski definition) is 8. The number of carbonyl (C=O) groups excluding carboxylic acids is 2. The second-order valence-corrected chi connectivity index (χ2v) is 5.43. The highest BCUT2D eigenvalue weighted by Gasteiger charge is 2.43. The Bertz CT molecular complexity index is 794. The van der Waals surface area contributed by atoms with E-state index in [1.165, 1.54) is 14.0 Å². The monoisotopic (exact) mass is 375 g/mol. The summed E-state index contributed by atoms with van der Waals surface area (Å²) in [5, 5.41) is 3.50. The molecule has 1 fully saturated rings. The van der Waals surface area contributed by atoms with Crippen LogP contribution < -0.4 is 11.2 Å². The van der Waals surface area contributed by atoms with E-state index in [2.05, 4.69) is 5.11 Å². The van der Waals surface area contributed by atoms with Gasteiger partial charge >= 0.3 is 17.6 Å². The summed E-state index contributed by atoms with van der Waals surface area (Å²) < 4.78 is 29.9. The molecule has 1 saturated heterocycles. The molecule has 1 unspecified atom stereocenters. The number of aromatic amines is 1. The summed E-state index contributed by atoms with van der Waals surface area (Å²) in [6.07, 6.45) is -1.28. The first-order chi connectivity index (χ1) is 13.2. The number of aliphatic hydroxyl groups is 1. The van der Waals surface area contributed by atoms with Crippen LogP contribution >= 0.6 is 0 Å². The summed E-state index contributed by atoms with van der Waals surface area (Å²) in [6, 6.07) is 0. The Kier molecular flexibility index (Phi) is 6.56. The first kappa shape index (κ1) is 18.3.